The summed E-state index contributed by atoms with van der Waals surface area (Å²) in [5.41, 5.74) is 2.15. The van der Waals surface area contributed by atoms with E-state index in [1.165, 1.54) is 0 Å². The highest BCUT2D eigenvalue weighted by Crippen LogP contribution is 2.20. The minimum Gasteiger partial charge on any atom is -0.493 e. The zero-order chi connectivity index (χ0) is 20.1. The van der Waals surface area contributed by atoms with Crippen LogP contribution in [0.25, 0.3) is 0 Å². The molecule has 0 heterocycles. The Kier molecular flexibility index (Phi) is 14.2. The fourth-order valence-corrected chi connectivity index (χ4v) is 2.83. The van der Waals surface area contributed by atoms with Gasteiger partial charge in [0.2, 0.25) is 10.0 Å². The second-order valence-corrected chi connectivity index (χ2v) is 8.05. The summed E-state index contributed by atoms with van der Waals surface area (Å²) in [6.45, 7) is 6.17. The lowest BCUT2D eigenvalue weighted by Gasteiger charge is -2.15. The summed E-state index contributed by atoms with van der Waals surface area (Å²) in [6.07, 6.45) is 0.828. The van der Waals surface area contributed by atoms with Crippen LogP contribution in [0.4, 0.5) is 0 Å². The van der Waals surface area contributed by atoms with E-state index in [0.717, 1.165) is 23.3 Å². The average Bonchev–Trinajstić information content (AvgIpc) is 2.65. The number of ether oxygens (including phenoxy) is 2. The Hall–Kier alpha value is -1.11. The first kappa shape index (κ1) is 26.9. The van der Waals surface area contributed by atoms with Crippen LogP contribution in [0.1, 0.15) is 24.5 Å². The Morgan fingerprint density at radius 3 is 2.57 bits per heavy atom. The van der Waals surface area contributed by atoms with Crippen LogP contribution in [-0.2, 0) is 21.3 Å². The number of nitrogens with zero attached hydrogens (tertiary/aromatic N) is 1. The molecule has 0 aromatic heterocycles. The van der Waals surface area contributed by atoms with Crippen molar-refractivity contribution in [1.82, 2.24) is 15.4 Å². The number of halogens is 1. The molecule has 0 saturated heterocycles. The van der Waals surface area contributed by atoms with Gasteiger partial charge in [-0.1, -0.05) is 12.1 Å². The third-order valence-electron chi connectivity index (χ3n) is 3.76. The molecule has 8 nitrogen and oxygen atoms in total. The molecule has 3 N–H and O–H groups in total. The van der Waals surface area contributed by atoms with E-state index in [9.17, 15) is 8.42 Å². The molecule has 0 saturated carbocycles. The van der Waals surface area contributed by atoms with Gasteiger partial charge in [-0.15, -0.1) is 24.0 Å². The number of hydrogen-bond donors (Lipinski definition) is 3. The second kappa shape index (κ2) is 14.8. The van der Waals surface area contributed by atoms with Gasteiger partial charge in [-0.05, 0) is 25.5 Å². The van der Waals surface area contributed by atoms with E-state index in [1.54, 1.807) is 21.1 Å². The standard InChI is InChI=1S/C18H32N4O4S.HI/c1-5-27(23,24)22-10-9-20-18(19-3)21-14-16-8-7-15(2)13-17(16)26-12-6-11-25-4;/h7-8,13,22H,5-6,9-12,14H2,1-4H3,(H2,19,20,21);1H. The van der Waals surface area contributed by atoms with Crippen molar-refractivity contribution in [2.45, 2.75) is 26.8 Å². The fraction of sp³-hybridized carbons (Fsp3) is 0.611. The van der Waals surface area contributed by atoms with Gasteiger partial charge in [-0.2, -0.15) is 0 Å². The molecule has 10 heteroatoms. The Labute approximate surface area is 185 Å². The van der Waals surface area contributed by atoms with Gasteiger partial charge in [-0.3, -0.25) is 4.99 Å². The first-order chi connectivity index (χ1) is 12.9. The average molecular weight is 528 g/mol. The van der Waals surface area contributed by atoms with Crippen LogP contribution in [-0.4, -0.2) is 60.6 Å². The number of methoxy groups -OCH3 is 1. The number of hydrogen-bond acceptors (Lipinski definition) is 5. The van der Waals surface area contributed by atoms with Crippen LogP contribution < -0.4 is 20.1 Å². The Morgan fingerprint density at radius 2 is 1.93 bits per heavy atom. The summed E-state index contributed by atoms with van der Waals surface area (Å²) >= 11 is 0. The van der Waals surface area contributed by atoms with Crippen LogP contribution in [0.2, 0.25) is 0 Å². The van der Waals surface area contributed by atoms with Crippen LogP contribution in [0.3, 0.4) is 0 Å². The number of aryl methyl sites for hydroxylation is 1. The molecule has 0 aliphatic rings. The molecule has 0 bridgehead atoms. The minimum atomic E-state index is -3.18. The largest absolute Gasteiger partial charge is 0.493 e. The molecule has 0 spiro atoms. The van der Waals surface area contributed by atoms with Gasteiger partial charge >= 0.3 is 0 Å². The molecule has 1 rings (SSSR count). The lowest BCUT2D eigenvalue weighted by Crippen LogP contribution is -2.41. The third-order valence-corrected chi connectivity index (χ3v) is 5.17. The SMILES string of the molecule is CCS(=O)(=O)NCCNC(=NC)NCc1ccc(C)cc1OCCCOC.I. The van der Waals surface area contributed by atoms with Crippen LogP contribution in [0, 0.1) is 6.92 Å². The van der Waals surface area contributed by atoms with E-state index in [4.69, 9.17) is 9.47 Å². The summed E-state index contributed by atoms with van der Waals surface area (Å²) in [7, 11) is 0.166. The highest BCUT2D eigenvalue weighted by Gasteiger charge is 2.07. The van der Waals surface area contributed by atoms with E-state index in [2.05, 4.69) is 20.3 Å². The lowest BCUT2D eigenvalue weighted by atomic mass is 10.1. The van der Waals surface area contributed by atoms with Crippen molar-refractivity contribution in [2.75, 3.05) is 46.2 Å². The topological polar surface area (TPSA) is 101 Å². The molecular weight excluding hydrogens is 495 g/mol. The first-order valence-corrected chi connectivity index (χ1v) is 10.7. The van der Waals surface area contributed by atoms with Gasteiger partial charge in [0.1, 0.15) is 5.75 Å². The quantitative estimate of drug-likeness (QED) is 0.165. The highest BCUT2D eigenvalue weighted by molar-refractivity contribution is 14.0. The molecule has 0 aliphatic heterocycles. The number of sulfonamides is 1. The van der Waals surface area contributed by atoms with Gasteiger partial charge in [0, 0.05) is 52.4 Å². The second-order valence-electron chi connectivity index (χ2n) is 5.96. The van der Waals surface area contributed by atoms with Crippen molar-refractivity contribution in [3.8, 4) is 5.75 Å². The van der Waals surface area contributed by atoms with Crippen molar-refractivity contribution in [1.29, 1.82) is 0 Å². The number of guanidine groups is 1. The molecule has 0 fully saturated rings. The summed E-state index contributed by atoms with van der Waals surface area (Å²) in [6, 6.07) is 6.07. The number of nitrogens with one attached hydrogen (secondary N) is 3. The van der Waals surface area contributed by atoms with Gasteiger partial charge in [0.05, 0.1) is 12.4 Å². The van der Waals surface area contributed by atoms with Crippen molar-refractivity contribution >= 4 is 40.0 Å². The maximum atomic E-state index is 11.4. The first-order valence-electron chi connectivity index (χ1n) is 9.05. The van der Waals surface area contributed by atoms with E-state index < -0.39 is 10.0 Å². The maximum absolute atomic E-state index is 11.4. The molecule has 0 atom stereocenters. The zero-order valence-corrected chi connectivity index (χ0v) is 20.2. The minimum absolute atomic E-state index is 0. The fourth-order valence-electron chi connectivity index (χ4n) is 2.22. The van der Waals surface area contributed by atoms with E-state index in [0.29, 0.717) is 38.8 Å². The molecule has 1 aromatic carbocycles. The molecule has 0 radical (unpaired) electrons. The summed E-state index contributed by atoms with van der Waals surface area (Å²) in [5, 5.41) is 6.30. The number of rotatable bonds is 12. The van der Waals surface area contributed by atoms with Gasteiger partial charge in [0.15, 0.2) is 5.96 Å². The van der Waals surface area contributed by atoms with E-state index >= 15 is 0 Å². The summed E-state index contributed by atoms with van der Waals surface area (Å²) in [4.78, 5) is 4.15. The van der Waals surface area contributed by atoms with Gasteiger partial charge in [0.25, 0.3) is 0 Å². The zero-order valence-electron chi connectivity index (χ0n) is 17.1. The van der Waals surface area contributed by atoms with Gasteiger partial charge < -0.3 is 20.1 Å². The van der Waals surface area contributed by atoms with Gasteiger partial charge in [-0.25, -0.2) is 13.1 Å². The molecular formula is C18H33IN4O4S. The predicted molar refractivity (Wildman–Crippen MR) is 124 cm³/mol. The van der Waals surface area contributed by atoms with Crippen molar-refractivity contribution < 1.29 is 17.9 Å². The maximum Gasteiger partial charge on any atom is 0.211 e. The molecule has 0 aliphatic carbocycles. The smallest absolute Gasteiger partial charge is 0.211 e. The van der Waals surface area contributed by atoms with Crippen LogP contribution in [0.15, 0.2) is 23.2 Å². The molecule has 0 amide bonds. The molecule has 162 valence electrons. The molecule has 28 heavy (non-hydrogen) atoms. The van der Waals surface area contributed by atoms with E-state index in [1.807, 2.05) is 25.1 Å². The summed E-state index contributed by atoms with van der Waals surface area (Å²) in [5.74, 6) is 1.50. The number of benzene rings is 1. The van der Waals surface area contributed by atoms with Crippen molar-refractivity contribution in [3.63, 3.8) is 0 Å². The Bertz CT molecular complexity index is 699. The Morgan fingerprint density at radius 1 is 1.18 bits per heavy atom. The van der Waals surface area contributed by atoms with Crippen LogP contribution in [0.5, 0.6) is 5.75 Å². The third kappa shape index (κ3) is 11.0. The predicted octanol–water partition coefficient (Wildman–Crippen LogP) is 1.63. The van der Waals surface area contributed by atoms with E-state index in [-0.39, 0.29) is 29.7 Å². The van der Waals surface area contributed by atoms with Crippen molar-refractivity contribution in [2.24, 2.45) is 4.99 Å². The van der Waals surface area contributed by atoms with Crippen LogP contribution >= 0.6 is 24.0 Å². The molecule has 1 aromatic rings. The number of aliphatic imine (C=N–C) groups is 1. The van der Waals surface area contributed by atoms with Crippen molar-refractivity contribution in [3.05, 3.63) is 29.3 Å². The Balaban J connectivity index is 0.00000729. The lowest BCUT2D eigenvalue weighted by molar-refractivity contribution is 0.171. The summed E-state index contributed by atoms with van der Waals surface area (Å²) < 4.78 is 36.2. The highest BCUT2D eigenvalue weighted by atomic mass is 127. The monoisotopic (exact) mass is 528 g/mol. The molecule has 0 unspecified atom stereocenters. The normalized spacial score (nSPS) is 11.6.